The lowest BCUT2D eigenvalue weighted by Crippen LogP contribution is -2.39. The molecule has 2 heterocycles. The zero-order chi connectivity index (χ0) is 19.3. The summed E-state index contributed by atoms with van der Waals surface area (Å²) < 4.78 is 10.9. The quantitative estimate of drug-likeness (QED) is 0.775. The molecule has 1 aliphatic carbocycles. The lowest BCUT2D eigenvalue weighted by atomic mass is 10.0. The molecule has 4 rings (SSSR count). The number of hydrogen-bond donors (Lipinski definition) is 1. The van der Waals surface area contributed by atoms with Crippen LogP contribution in [0.2, 0.25) is 0 Å². The number of nitrogens with zero attached hydrogens (tertiary/aromatic N) is 2. The summed E-state index contributed by atoms with van der Waals surface area (Å²) in [6.45, 7) is 4.00. The Labute approximate surface area is 165 Å². The third-order valence-corrected chi connectivity index (χ3v) is 5.41. The third-order valence-electron chi connectivity index (χ3n) is 5.41. The van der Waals surface area contributed by atoms with E-state index in [0.717, 1.165) is 43.1 Å². The molecular weight excluding hydrogens is 354 g/mol. The van der Waals surface area contributed by atoms with Crippen LogP contribution in [0, 0.1) is 12.8 Å². The van der Waals surface area contributed by atoms with Crippen LogP contribution in [0.25, 0.3) is 6.08 Å². The van der Waals surface area contributed by atoms with Crippen LogP contribution in [0.5, 0.6) is 5.75 Å². The van der Waals surface area contributed by atoms with E-state index in [4.69, 9.17) is 9.26 Å². The first-order valence-electron chi connectivity index (χ1n) is 10.1. The van der Waals surface area contributed by atoms with E-state index in [0.29, 0.717) is 24.5 Å². The van der Waals surface area contributed by atoms with Gasteiger partial charge in [-0.05, 0) is 49.8 Å². The molecule has 0 unspecified atom stereocenters. The van der Waals surface area contributed by atoms with E-state index >= 15 is 0 Å². The molecule has 1 aromatic heterocycles. The molecule has 1 saturated carbocycles. The molecule has 2 aromatic rings. The molecule has 2 amide bonds. The summed E-state index contributed by atoms with van der Waals surface area (Å²) >= 11 is 0. The largest absolute Gasteiger partial charge is 0.494 e. The van der Waals surface area contributed by atoms with Gasteiger partial charge in [0, 0.05) is 13.1 Å². The highest BCUT2D eigenvalue weighted by atomic mass is 16.5. The van der Waals surface area contributed by atoms with Gasteiger partial charge in [-0.1, -0.05) is 41.8 Å². The van der Waals surface area contributed by atoms with Crippen LogP contribution in [-0.2, 0) is 0 Å². The molecule has 6 nitrogen and oxygen atoms in total. The van der Waals surface area contributed by atoms with Gasteiger partial charge in [0.05, 0.1) is 12.8 Å². The van der Waals surface area contributed by atoms with Crippen molar-refractivity contribution in [1.29, 1.82) is 0 Å². The minimum absolute atomic E-state index is 0.101. The SMILES string of the molecule is Cc1oncc1NC(=O)N1CCC(=Cc2cccc(OCCC3CC3)c2)CC1. The normalized spacial score (nSPS) is 16.8. The molecule has 148 valence electrons. The molecule has 1 aromatic carbocycles. The van der Waals surface area contributed by atoms with Crippen molar-refractivity contribution in [3.8, 4) is 5.75 Å². The fourth-order valence-electron chi connectivity index (χ4n) is 3.43. The first kappa shape index (κ1) is 18.6. The van der Waals surface area contributed by atoms with Crippen molar-refractivity contribution >= 4 is 17.8 Å². The smallest absolute Gasteiger partial charge is 0.322 e. The molecule has 2 aliphatic rings. The van der Waals surface area contributed by atoms with Crippen molar-refractivity contribution in [3.05, 3.63) is 47.4 Å². The van der Waals surface area contributed by atoms with Crippen LogP contribution in [0.3, 0.4) is 0 Å². The number of anilines is 1. The first-order valence-corrected chi connectivity index (χ1v) is 10.1. The highest BCUT2D eigenvalue weighted by Gasteiger charge is 2.21. The minimum Gasteiger partial charge on any atom is -0.494 e. The highest BCUT2D eigenvalue weighted by molar-refractivity contribution is 5.89. The Hall–Kier alpha value is -2.76. The number of rotatable bonds is 6. The van der Waals surface area contributed by atoms with Crippen molar-refractivity contribution in [2.24, 2.45) is 5.92 Å². The van der Waals surface area contributed by atoms with Crippen molar-refractivity contribution in [1.82, 2.24) is 10.1 Å². The number of carbonyl (C=O) groups is 1. The summed E-state index contributed by atoms with van der Waals surface area (Å²) in [5.74, 6) is 2.45. The second kappa shape index (κ2) is 8.50. The van der Waals surface area contributed by atoms with Gasteiger partial charge in [-0.15, -0.1) is 0 Å². The minimum atomic E-state index is -0.101. The maximum atomic E-state index is 12.4. The van der Waals surface area contributed by atoms with Gasteiger partial charge in [-0.3, -0.25) is 0 Å². The van der Waals surface area contributed by atoms with Crippen molar-refractivity contribution in [3.63, 3.8) is 0 Å². The number of amides is 2. The molecular formula is C22H27N3O3. The van der Waals surface area contributed by atoms with E-state index in [2.05, 4.69) is 28.7 Å². The zero-order valence-electron chi connectivity index (χ0n) is 16.3. The van der Waals surface area contributed by atoms with Gasteiger partial charge in [-0.25, -0.2) is 4.79 Å². The van der Waals surface area contributed by atoms with Gasteiger partial charge in [0.2, 0.25) is 0 Å². The molecule has 1 N–H and O–H groups in total. The number of benzene rings is 1. The standard InChI is InChI=1S/C22H27N3O3/c1-16-21(15-23-28-16)24-22(26)25-10-7-18(8-11-25)13-19-3-2-4-20(14-19)27-12-9-17-5-6-17/h2-4,13-15,17H,5-12H2,1H3,(H,24,26). The molecule has 0 radical (unpaired) electrons. The number of carbonyl (C=O) groups excluding carboxylic acids is 1. The van der Waals surface area contributed by atoms with Crippen molar-refractivity contribution in [2.45, 2.75) is 39.0 Å². The van der Waals surface area contributed by atoms with E-state index in [1.165, 1.54) is 24.6 Å². The first-order chi connectivity index (χ1) is 13.7. The molecule has 28 heavy (non-hydrogen) atoms. The summed E-state index contributed by atoms with van der Waals surface area (Å²) in [5, 5.41) is 6.55. The molecule has 0 bridgehead atoms. The maximum Gasteiger partial charge on any atom is 0.322 e. The average Bonchev–Trinajstić information content (AvgIpc) is 3.44. The Morgan fingerprint density at radius 3 is 2.89 bits per heavy atom. The van der Waals surface area contributed by atoms with Gasteiger partial charge in [-0.2, -0.15) is 0 Å². The predicted octanol–water partition coefficient (Wildman–Crippen LogP) is 4.87. The Morgan fingerprint density at radius 2 is 2.18 bits per heavy atom. The summed E-state index contributed by atoms with van der Waals surface area (Å²) in [6.07, 6.45) is 9.41. The Balaban J connectivity index is 1.28. The average molecular weight is 381 g/mol. The Bertz CT molecular complexity index is 844. The third kappa shape index (κ3) is 4.94. The van der Waals surface area contributed by atoms with Gasteiger partial charge in [0.1, 0.15) is 11.4 Å². The number of aryl methyl sites for hydroxylation is 1. The second-order valence-corrected chi connectivity index (χ2v) is 7.67. The topological polar surface area (TPSA) is 67.6 Å². The van der Waals surface area contributed by atoms with Crippen LogP contribution in [-0.4, -0.2) is 35.8 Å². The zero-order valence-corrected chi connectivity index (χ0v) is 16.3. The van der Waals surface area contributed by atoms with Crippen molar-refractivity contribution in [2.75, 3.05) is 25.0 Å². The molecule has 6 heteroatoms. The van der Waals surface area contributed by atoms with E-state index in [-0.39, 0.29) is 6.03 Å². The summed E-state index contributed by atoms with van der Waals surface area (Å²) in [6, 6.07) is 8.18. The number of aromatic nitrogens is 1. The van der Waals surface area contributed by atoms with Crippen LogP contribution < -0.4 is 10.1 Å². The summed E-state index contributed by atoms with van der Waals surface area (Å²) in [4.78, 5) is 14.2. The lowest BCUT2D eigenvalue weighted by Gasteiger charge is -2.28. The fraction of sp³-hybridized carbons (Fsp3) is 0.455. The highest BCUT2D eigenvalue weighted by Crippen LogP contribution is 2.32. The molecule has 1 aliphatic heterocycles. The van der Waals surface area contributed by atoms with Crippen LogP contribution >= 0.6 is 0 Å². The second-order valence-electron chi connectivity index (χ2n) is 7.67. The number of urea groups is 1. The van der Waals surface area contributed by atoms with Gasteiger partial charge in [0.15, 0.2) is 5.76 Å². The van der Waals surface area contributed by atoms with Crippen LogP contribution in [0.1, 0.15) is 43.4 Å². The lowest BCUT2D eigenvalue weighted by molar-refractivity contribution is 0.207. The molecule has 2 fully saturated rings. The number of piperidine rings is 1. The van der Waals surface area contributed by atoms with E-state index in [1.54, 1.807) is 6.92 Å². The fourth-order valence-corrected chi connectivity index (χ4v) is 3.43. The molecule has 1 saturated heterocycles. The molecule has 0 spiro atoms. The number of hydrogen-bond acceptors (Lipinski definition) is 4. The van der Waals surface area contributed by atoms with Gasteiger partial charge < -0.3 is 19.5 Å². The van der Waals surface area contributed by atoms with Gasteiger partial charge >= 0.3 is 6.03 Å². The van der Waals surface area contributed by atoms with Gasteiger partial charge in [0.25, 0.3) is 0 Å². The Morgan fingerprint density at radius 1 is 1.36 bits per heavy atom. The predicted molar refractivity (Wildman–Crippen MR) is 108 cm³/mol. The summed E-state index contributed by atoms with van der Waals surface area (Å²) in [7, 11) is 0. The van der Waals surface area contributed by atoms with Crippen LogP contribution in [0.4, 0.5) is 10.5 Å². The number of ether oxygens (including phenoxy) is 1. The number of likely N-dealkylation sites (tertiary alicyclic amines) is 1. The van der Waals surface area contributed by atoms with E-state index in [1.807, 2.05) is 17.0 Å². The monoisotopic (exact) mass is 381 g/mol. The molecule has 0 atom stereocenters. The number of nitrogens with one attached hydrogen (secondary N) is 1. The van der Waals surface area contributed by atoms with E-state index < -0.39 is 0 Å². The van der Waals surface area contributed by atoms with Crippen LogP contribution in [0.15, 0.2) is 40.6 Å². The Kier molecular flexibility index (Phi) is 5.65. The van der Waals surface area contributed by atoms with Crippen molar-refractivity contribution < 1.29 is 14.1 Å². The summed E-state index contributed by atoms with van der Waals surface area (Å²) in [5.41, 5.74) is 3.15. The van der Waals surface area contributed by atoms with E-state index in [9.17, 15) is 4.79 Å². The maximum absolute atomic E-state index is 12.4.